The number of carbonyl (C=O) groups excluding carboxylic acids is 2. The summed E-state index contributed by atoms with van der Waals surface area (Å²) in [4.78, 5) is 39.0. The number of hydrogen-bond donors (Lipinski definition) is 2. The van der Waals surface area contributed by atoms with E-state index in [4.69, 9.17) is 25.7 Å². The van der Waals surface area contributed by atoms with Crippen LogP contribution < -0.4 is 15.8 Å². The number of nitrogens with two attached hydrogens (primary N) is 1. The van der Waals surface area contributed by atoms with Crippen LogP contribution in [0.2, 0.25) is 0 Å². The lowest BCUT2D eigenvalue weighted by atomic mass is 9.97. The van der Waals surface area contributed by atoms with E-state index < -0.39 is 0 Å². The van der Waals surface area contributed by atoms with Gasteiger partial charge in [-0.2, -0.15) is 5.26 Å². The Hall–Kier alpha value is -5.21. The van der Waals surface area contributed by atoms with Crippen LogP contribution in [0.25, 0.3) is 28.1 Å². The van der Waals surface area contributed by atoms with Gasteiger partial charge in [0.15, 0.2) is 5.88 Å². The molecule has 2 saturated heterocycles. The number of nitrogens with one attached hydrogen (secondary N) is 1. The number of aromatic nitrogens is 4. The second-order valence-corrected chi connectivity index (χ2v) is 13.6. The topological polar surface area (TPSA) is 144 Å². The average molecular weight is 643 g/mol. The Morgan fingerprint density at radius 1 is 1.06 bits per heavy atom. The van der Waals surface area contributed by atoms with E-state index in [2.05, 4.69) is 22.0 Å². The van der Waals surface area contributed by atoms with Gasteiger partial charge in [-0.1, -0.05) is 0 Å². The van der Waals surface area contributed by atoms with Gasteiger partial charge in [-0.3, -0.25) is 14.0 Å². The molecule has 0 unspecified atom stereocenters. The minimum atomic E-state index is -0.345. The molecule has 6 heterocycles. The summed E-state index contributed by atoms with van der Waals surface area (Å²) in [6.07, 6.45) is 5.14. The first-order valence-corrected chi connectivity index (χ1v) is 16.7. The molecular formula is C37H38N8O3. The molecule has 3 fully saturated rings. The molecule has 2 aliphatic heterocycles. The molecule has 2 bridgehead atoms. The van der Waals surface area contributed by atoms with Crippen LogP contribution >= 0.6 is 0 Å². The van der Waals surface area contributed by atoms with Crippen LogP contribution in [-0.2, 0) is 6.54 Å². The van der Waals surface area contributed by atoms with Crippen LogP contribution in [0.15, 0.2) is 54.6 Å². The maximum absolute atomic E-state index is 13.8. The third kappa shape index (κ3) is 4.99. The quantitative estimate of drug-likeness (QED) is 0.238. The predicted molar refractivity (Wildman–Crippen MR) is 181 cm³/mol. The summed E-state index contributed by atoms with van der Waals surface area (Å²) in [6, 6.07) is 18.4. The summed E-state index contributed by atoms with van der Waals surface area (Å²) in [6.45, 7) is 4.76. The molecule has 11 heteroatoms. The molecule has 1 saturated carbocycles. The molecule has 0 spiro atoms. The highest BCUT2D eigenvalue weighted by Gasteiger charge is 2.47. The fourth-order valence-corrected chi connectivity index (χ4v) is 7.67. The first-order valence-electron chi connectivity index (χ1n) is 16.7. The van der Waals surface area contributed by atoms with Crippen molar-refractivity contribution in [3.05, 3.63) is 82.7 Å². The first-order chi connectivity index (χ1) is 23.2. The second kappa shape index (κ2) is 11.5. The molecule has 4 aromatic heterocycles. The van der Waals surface area contributed by atoms with Gasteiger partial charge in [0.2, 0.25) is 0 Å². The third-order valence-electron chi connectivity index (χ3n) is 10.4. The third-order valence-corrected chi connectivity index (χ3v) is 10.4. The fraction of sp³-hybridized carbons (Fsp3) is 0.378. The molecule has 1 aromatic carbocycles. The molecule has 48 heavy (non-hydrogen) atoms. The van der Waals surface area contributed by atoms with Crippen molar-refractivity contribution in [3.63, 3.8) is 0 Å². The number of pyridine rings is 2. The number of ether oxygens (including phenoxy) is 1. The summed E-state index contributed by atoms with van der Waals surface area (Å²) >= 11 is 0. The van der Waals surface area contributed by atoms with Gasteiger partial charge in [0.1, 0.15) is 17.0 Å². The maximum Gasteiger partial charge on any atom is 0.254 e. The lowest BCUT2D eigenvalue weighted by Gasteiger charge is -2.23. The molecule has 2 amide bonds. The number of fused-ring (bicyclic) bond motifs is 4. The molecule has 5 aromatic rings. The fourth-order valence-electron chi connectivity index (χ4n) is 7.67. The molecule has 4 atom stereocenters. The second-order valence-electron chi connectivity index (χ2n) is 13.6. The van der Waals surface area contributed by atoms with Crippen molar-refractivity contribution in [3.8, 4) is 23.3 Å². The van der Waals surface area contributed by atoms with Gasteiger partial charge in [-0.05, 0) is 100 Å². The predicted octanol–water partition coefficient (Wildman–Crippen LogP) is 5.14. The van der Waals surface area contributed by atoms with Gasteiger partial charge in [0.05, 0.1) is 41.9 Å². The minimum Gasteiger partial charge on any atom is -0.482 e. The van der Waals surface area contributed by atoms with Crippen molar-refractivity contribution < 1.29 is 14.3 Å². The molecule has 3 N–H and O–H groups in total. The van der Waals surface area contributed by atoms with E-state index in [9.17, 15) is 9.59 Å². The SMILES string of the molecule is COc1cc(C(=O)N2[C@H]3CC[C@@H]2[C@H](N)C3)cc2nc(-c3cc4ccc([C@@H](C)NC(=O)c5ccc(C#N)cc5)nc4n3CC3CC3)c(C)n12. The van der Waals surface area contributed by atoms with Crippen LogP contribution in [0.1, 0.15) is 82.7 Å². The number of rotatable bonds is 8. The van der Waals surface area contributed by atoms with Crippen LogP contribution in [-0.4, -0.2) is 60.9 Å². The molecule has 244 valence electrons. The lowest BCUT2D eigenvalue weighted by molar-refractivity contribution is 0.0725. The molecule has 11 nitrogen and oxygen atoms in total. The van der Waals surface area contributed by atoms with Gasteiger partial charge < -0.3 is 25.3 Å². The summed E-state index contributed by atoms with van der Waals surface area (Å²) in [5.41, 5.74) is 12.8. The zero-order valence-corrected chi connectivity index (χ0v) is 27.3. The monoisotopic (exact) mass is 642 g/mol. The van der Waals surface area contributed by atoms with Crippen molar-refractivity contribution in [2.24, 2.45) is 11.7 Å². The number of nitrogens with zero attached hydrogens (tertiary/aromatic N) is 6. The van der Waals surface area contributed by atoms with E-state index in [0.717, 1.165) is 59.6 Å². The Morgan fingerprint density at radius 3 is 2.52 bits per heavy atom. The van der Waals surface area contributed by atoms with Crippen LogP contribution in [0, 0.1) is 24.2 Å². The highest BCUT2D eigenvalue weighted by molar-refractivity contribution is 5.97. The lowest BCUT2D eigenvalue weighted by Crippen LogP contribution is -2.40. The average Bonchev–Trinajstić information content (AvgIpc) is 3.42. The van der Waals surface area contributed by atoms with Crippen molar-refractivity contribution in [2.75, 3.05) is 7.11 Å². The minimum absolute atomic E-state index is 0.0153. The summed E-state index contributed by atoms with van der Waals surface area (Å²) < 4.78 is 10.1. The number of methoxy groups -OCH3 is 1. The molecule has 8 rings (SSSR count). The number of benzene rings is 1. The van der Waals surface area contributed by atoms with E-state index in [1.54, 1.807) is 31.4 Å². The highest BCUT2D eigenvalue weighted by Crippen LogP contribution is 2.40. The Kier molecular flexibility index (Phi) is 7.22. The molecule has 1 aliphatic carbocycles. The number of amides is 2. The van der Waals surface area contributed by atoms with E-state index in [1.807, 2.05) is 47.4 Å². The van der Waals surface area contributed by atoms with Crippen molar-refractivity contribution in [1.82, 2.24) is 29.2 Å². The standard InChI is InChI=1S/C37H38N8O3/c1-20(40-36(46)24-8-6-22(18-38)7-9-24)29-12-10-25-14-31(43(35(25)41-29)19-23-4-5-23)34-21(2)44-32(42-34)15-26(16-33(44)48-3)37(47)45-27-11-13-30(45)28(39)17-27/h6-10,12,14-16,20,23,27-28,30H,4-5,11,13,17,19,39H2,1-3H3,(H,40,46)/t20-,27+,28-,30-/m1/s1. The first kappa shape index (κ1) is 30.1. The van der Waals surface area contributed by atoms with Crippen LogP contribution in [0.5, 0.6) is 5.88 Å². The van der Waals surface area contributed by atoms with Gasteiger partial charge in [0, 0.05) is 47.2 Å². The normalized spacial score (nSPS) is 20.7. The Balaban J connectivity index is 1.15. The largest absolute Gasteiger partial charge is 0.482 e. The number of carbonyl (C=O) groups is 2. The zero-order chi connectivity index (χ0) is 33.3. The van der Waals surface area contributed by atoms with Crippen LogP contribution in [0.4, 0.5) is 0 Å². The van der Waals surface area contributed by atoms with Crippen molar-refractivity contribution in [1.29, 1.82) is 5.26 Å². The zero-order valence-electron chi connectivity index (χ0n) is 27.3. The van der Waals surface area contributed by atoms with Crippen LogP contribution in [0.3, 0.4) is 0 Å². The van der Waals surface area contributed by atoms with E-state index in [1.165, 1.54) is 12.8 Å². The number of aryl methyl sites for hydroxylation is 1. The van der Waals surface area contributed by atoms with Crippen molar-refractivity contribution in [2.45, 2.75) is 76.7 Å². The summed E-state index contributed by atoms with van der Waals surface area (Å²) in [5.74, 6) is 0.880. The Labute approximate surface area is 278 Å². The summed E-state index contributed by atoms with van der Waals surface area (Å²) in [7, 11) is 1.62. The Morgan fingerprint density at radius 2 is 1.85 bits per heavy atom. The van der Waals surface area contributed by atoms with E-state index in [-0.39, 0.29) is 36.0 Å². The Bertz CT molecular complexity index is 2140. The van der Waals surface area contributed by atoms with Gasteiger partial charge >= 0.3 is 0 Å². The highest BCUT2D eigenvalue weighted by atomic mass is 16.5. The van der Waals surface area contributed by atoms with Gasteiger partial charge in [-0.25, -0.2) is 9.97 Å². The number of imidazole rings is 1. The molecule has 3 aliphatic rings. The number of hydrogen-bond acceptors (Lipinski definition) is 7. The van der Waals surface area contributed by atoms with E-state index in [0.29, 0.717) is 34.1 Å². The molecule has 0 radical (unpaired) electrons. The smallest absolute Gasteiger partial charge is 0.254 e. The van der Waals surface area contributed by atoms with Gasteiger partial charge in [-0.15, -0.1) is 0 Å². The summed E-state index contributed by atoms with van der Waals surface area (Å²) in [5, 5.41) is 13.1. The van der Waals surface area contributed by atoms with E-state index >= 15 is 0 Å². The number of nitriles is 1. The maximum atomic E-state index is 13.8. The van der Waals surface area contributed by atoms with Crippen molar-refractivity contribution >= 4 is 28.5 Å². The van der Waals surface area contributed by atoms with Gasteiger partial charge in [0.25, 0.3) is 11.8 Å². The molecular weight excluding hydrogens is 604 g/mol.